The van der Waals surface area contributed by atoms with Crippen molar-refractivity contribution in [2.45, 2.75) is 26.3 Å². The summed E-state index contributed by atoms with van der Waals surface area (Å²) in [6, 6.07) is 12.6. The predicted molar refractivity (Wildman–Crippen MR) is 109 cm³/mol. The maximum atomic E-state index is 12.5. The molecule has 132 valence electrons. The largest absolute Gasteiger partial charge is 0.322 e. The Morgan fingerprint density at radius 1 is 1.24 bits per heavy atom. The Labute approximate surface area is 161 Å². The number of halogens is 1. The van der Waals surface area contributed by atoms with Crippen LogP contribution in [0.4, 0.5) is 11.4 Å². The normalized spacial score (nSPS) is 16.6. The van der Waals surface area contributed by atoms with Crippen molar-refractivity contribution in [3.05, 3.63) is 57.2 Å². The van der Waals surface area contributed by atoms with Crippen LogP contribution in [0, 0.1) is 3.57 Å². The Kier molecular flexibility index (Phi) is 5.06. The minimum Gasteiger partial charge on any atom is -0.322 e. The highest BCUT2D eigenvalue weighted by Crippen LogP contribution is 2.35. The first-order valence-corrected chi connectivity index (χ1v) is 10.7. The maximum Gasteiger partial charge on any atom is 0.255 e. The molecule has 0 saturated heterocycles. The summed E-state index contributed by atoms with van der Waals surface area (Å²) in [6.45, 7) is 3.53. The molecule has 1 N–H and O–H groups in total. The summed E-state index contributed by atoms with van der Waals surface area (Å²) in [7, 11) is -3.31. The molecule has 0 radical (unpaired) electrons. The Morgan fingerprint density at radius 3 is 2.56 bits per heavy atom. The fourth-order valence-corrected chi connectivity index (χ4v) is 4.78. The van der Waals surface area contributed by atoms with Gasteiger partial charge in [-0.05, 0) is 90.9 Å². The van der Waals surface area contributed by atoms with Crippen LogP contribution in [0.3, 0.4) is 0 Å². The van der Waals surface area contributed by atoms with Crippen molar-refractivity contribution in [1.29, 1.82) is 0 Å². The highest BCUT2D eigenvalue weighted by molar-refractivity contribution is 14.1. The molecule has 5 nitrogen and oxygen atoms in total. The predicted octanol–water partition coefficient (Wildman–Crippen LogP) is 3.64. The number of amides is 1. The van der Waals surface area contributed by atoms with Crippen LogP contribution in [0.1, 0.15) is 29.8 Å². The third kappa shape index (κ3) is 3.67. The Hall–Kier alpha value is -1.61. The first kappa shape index (κ1) is 18.2. The highest BCUT2D eigenvalue weighted by Gasteiger charge is 2.34. The second-order valence-electron chi connectivity index (χ2n) is 6.05. The summed E-state index contributed by atoms with van der Waals surface area (Å²) in [4.78, 5) is 12.5. The summed E-state index contributed by atoms with van der Waals surface area (Å²) < 4.78 is 27.2. The first-order chi connectivity index (χ1) is 11.8. The van der Waals surface area contributed by atoms with Gasteiger partial charge in [0.05, 0.1) is 11.4 Å². The minimum absolute atomic E-state index is 0.0613. The van der Waals surface area contributed by atoms with Gasteiger partial charge in [0.25, 0.3) is 5.91 Å². The Morgan fingerprint density at radius 2 is 1.92 bits per heavy atom. The Bertz CT molecular complexity index is 910. The van der Waals surface area contributed by atoms with E-state index in [2.05, 4.69) is 27.9 Å². The zero-order valence-corrected chi connectivity index (χ0v) is 17.0. The van der Waals surface area contributed by atoms with Crippen molar-refractivity contribution < 1.29 is 13.2 Å². The minimum atomic E-state index is -3.31. The van der Waals surface area contributed by atoms with E-state index in [0.29, 0.717) is 17.7 Å². The van der Waals surface area contributed by atoms with Gasteiger partial charge >= 0.3 is 0 Å². The fourth-order valence-electron chi connectivity index (χ4n) is 3.04. The summed E-state index contributed by atoms with van der Waals surface area (Å²) in [5.41, 5.74) is 2.83. The number of nitrogens with zero attached hydrogens (tertiary/aromatic N) is 1. The molecule has 0 spiro atoms. The SMILES string of the molecule is CCS(=O)(=O)N1c2ccc(C(=O)Nc3ccc(I)cc3)cc2C[C@@H]1C. The van der Waals surface area contributed by atoms with E-state index in [1.54, 1.807) is 25.1 Å². The van der Waals surface area contributed by atoms with Crippen LogP contribution in [0.25, 0.3) is 0 Å². The van der Waals surface area contributed by atoms with Crippen molar-refractivity contribution in [2.75, 3.05) is 15.4 Å². The lowest BCUT2D eigenvalue weighted by Crippen LogP contribution is -2.36. The molecule has 0 fully saturated rings. The number of anilines is 2. The zero-order chi connectivity index (χ0) is 18.2. The number of rotatable bonds is 4. The molecule has 3 rings (SSSR count). The van der Waals surface area contributed by atoms with Crippen LogP contribution in [0.15, 0.2) is 42.5 Å². The Balaban J connectivity index is 1.86. The van der Waals surface area contributed by atoms with Crippen molar-refractivity contribution in [3.63, 3.8) is 0 Å². The molecule has 0 aromatic heterocycles. The number of nitrogens with one attached hydrogen (secondary N) is 1. The van der Waals surface area contributed by atoms with Crippen LogP contribution in [0.5, 0.6) is 0 Å². The smallest absolute Gasteiger partial charge is 0.255 e. The van der Waals surface area contributed by atoms with Crippen LogP contribution in [-0.2, 0) is 16.4 Å². The third-order valence-corrected chi connectivity index (χ3v) is 6.87. The van der Waals surface area contributed by atoms with Crippen molar-refractivity contribution in [2.24, 2.45) is 0 Å². The molecule has 1 aliphatic rings. The second-order valence-corrected chi connectivity index (χ2v) is 9.43. The molecule has 0 aliphatic carbocycles. The lowest BCUT2D eigenvalue weighted by molar-refractivity contribution is 0.102. The van der Waals surface area contributed by atoms with Gasteiger partial charge in [0, 0.05) is 20.9 Å². The van der Waals surface area contributed by atoms with Gasteiger partial charge in [-0.15, -0.1) is 0 Å². The van der Waals surface area contributed by atoms with Gasteiger partial charge in [0.1, 0.15) is 0 Å². The first-order valence-electron chi connectivity index (χ1n) is 8.04. The number of benzene rings is 2. The van der Waals surface area contributed by atoms with Crippen LogP contribution >= 0.6 is 22.6 Å². The number of carbonyl (C=O) groups is 1. The number of carbonyl (C=O) groups excluding carboxylic acids is 1. The van der Waals surface area contributed by atoms with Gasteiger partial charge < -0.3 is 5.32 Å². The molecule has 7 heteroatoms. The van der Waals surface area contributed by atoms with E-state index in [4.69, 9.17) is 0 Å². The highest BCUT2D eigenvalue weighted by atomic mass is 127. The van der Waals surface area contributed by atoms with E-state index in [9.17, 15) is 13.2 Å². The lowest BCUT2D eigenvalue weighted by Gasteiger charge is -2.23. The molecular weight excluding hydrogens is 451 g/mol. The molecular formula is C18H19IN2O3S. The number of hydrogen-bond donors (Lipinski definition) is 1. The summed E-state index contributed by atoms with van der Waals surface area (Å²) in [5.74, 6) is -0.139. The molecule has 2 aromatic rings. The number of hydrogen-bond acceptors (Lipinski definition) is 3. The van der Waals surface area contributed by atoms with Crippen LogP contribution in [0.2, 0.25) is 0 Å². The second kappa shape index (κ2) is 6.95. The van der Waals surface area contributed by atoms with Gasteiger partial charge in [-0.2, -0.15) is 0 Å². The van der Waals surface area contributed by atoms with E-state index in [1.165, 1.54) is 4.31 Å². The van der Waals surface area contributed by atoms with E-state index in [1.807, 2.05) is 31.2 Å². The average Bonchev–Trinajstić information content (AvgIpc) is 2.92. The van der Waals surface area contributed by atoms with Gasteiger partial charge in [-0.3, -0.25) is 9.10 Å². The summed E-state index contributed by atoms with van der Waals surface area (Å²) in [6.07, 6.45) is 0.610. The molecule has 1 amide bonds. The van der Waals surface area contributed by atoms with Gasteiger partial charge in [-0.1, -0.05) is 0 Å². The molecule has 1 atom stereocenters. The number of sulfonamides is 1. The van der Waals surface area contributed by atoms with Gasteiger partial charge in [-0.25, -0.2) is 8.42 Å². The van der Waals surface area contributed by atoms with E-state index >= 15 is 0 Å². The summed E-state index contributed by atoms with van der Waals surface area (Å²) in [5, 5.41) is 2.87. The quantitative estimate of drug-likeness (QED) is 0.695. The lowest BCUT2D eigenvalue weighted by atomic mass is 10.1. The molecule has 0 saturated carbocycles. The van der Waals surface area contributed by atoms with E-state index in [-0.39, 0.29) is 17.7 Å². The van der Waals surface area contributed by atoms with Gasteiger partial charge in [0.2, 0.25) is 10.0 Å². The third-order valence-electron chi connectivity index (χ3n) is 4.26. The average molecular weight is 470 g/mol. The fraction of sp³-hybridized carbons (Fsp3) is 0.278. The molecule has 1 aliphatic heterocycles. The monoisotopic (exact) mass is 470 g/mol. The zero-order valence-electron chi connectivity index (χ0n) is 14.0. The maximum absolute atomic E-state index is 12.5. The van der Waals surface area contributed by atoms with E-state index in [0.717, 1.165) is 14.8 Å². The molecule has 0 bridgehead atoms. The molecule has 2 aromatic carbocycles. The van der Waals surface area contributed by atoms with Crippen molar-refractivity contribution in [3.8, 4) is 0 Å². The molecule has 25 heavy (non-hydrogen) atoms. The topological polar surface area (TPSA) is 66.5 Å². The molecule has 1 heterocycles. The standard InChI is InChI=1S/C18H19IN2O3S/c1-3-25(23,24)21-12(2)10-14-11-13(4-9-17(14)21)18(22)20-16-7-5-15(19)6-8-16/h4-9,11-12H,3,10H2,1-2H3,(H,20,22)/t12-/m0/s1. The van der Waals surface area contributed by atoms with Crippen molar-refractivity contribution >= 4 is 49.9 Å². The van der Waals surface area contributed by atoms with Gasteiger partial charge in [0.15, 0.2) is 0 Å². The summed E-state index contributed by atoms with van der Waals surface area (Å²) >= 11 is 2.21. The van der Waals surface area contributed by atoms with E-state index < -0.39 is 10.0 Å². The van der Waals surface area contributed by atoms with Crippen LogP contribution < -0.4 is 9.62 Å². The number of fused-ring (bicyclic) bond motifs is 1. The van der Waals surface area contributed by atoms with Crippen molar-refractivity contribution in [1.82, 2.24) is 0 Å². The van der Waals surface area contributed by atoms with Crippen LogP contribution in [-0.4, -0.2) is 26.1 Å². The molecule has 0 unspecified atom stereocenters.